The average Bonchev–Trinajstić information content (AvgIpc) is 2.51. The van der Waals surface area contributed by atoms with Crippen molar-refractivity contribution in [3.8, 4) is 5.75 Å². The molecular formula is C17H22N2O2. The Kier molecular flexibility index (Phi) is 5.17. The Hall–Kier alpha value is -2.07. The minimum Gasteiger partial charge on any atom is -0.496 e. The van der Waals surface area contributed by atoms with E-state index in [0.29, 0.717) is 13.0 Å². The Morgan fingerprint density at radius 2 is 1.86 bits per heavy atom. The number of hydrogen-bond acceptors (Lipinski definition) is 3. The van der Waals surface area contributed by atoms with Crippen LogP contribution in [0.5, 0.6) is 5.75 Å². The van der Waals surface area contributed by atoms with Crippen molar-refractivity contribution < 1.29 is 9.53 Å². The summed E-state index contributed by atoms with van der Waals surface area (Å²) in [6.07, 6.45) is 0.515. The van der Waals surface area contributed by atoms with Crippen LogP contribution in [-0.2, 0) is 11.3 Å². The predicted octanol–water partition coefficient (Wildman–Crippen LogP) is 2.42. The van der Waals surface area contributed by atoms with Gasteiger partial charge < -0.3 is 15.0 Å². The summed E-state index contributed by atoms with van der Waals surface area (Å²) in [5, 5.41) is 5.63. The van der Waals surface area contributed by atoms with E-state index in [0.717, 1.165) is 17.7 Å². The zero-order valence-electron chi connectivity index (χ0n) is 12.8. The fraction of sp³-hybridized carbons (Fsp3) is 0.353. The summed E-state index contributed by atoms with van der Waals surface area (Å²) in [5.74, 6) is 1.03. The van der Waals surface area contributed by atoms with E-state index in [1.165, 1.54) is 10.9 Å². The number of nitrogens with one attached hydrogen (secondary N) is 1. The van der Waals surface area contributed by atoms with Gasteiger partial charge in [-0.05, 0) is 17.0 Å². The molecule has 1 N–H and O–H groups in total. The first kappa shape index (κ1) is 15.3. The van der Waals surface area contributed by atoms with Crippen molar-refractivity contribution in [2.24, 2.45) is 0 Å². The Labute approximate surface area is 125 Å². The number of carbonyl (C=O) groups is 1. The molecule has 4 heteroatoms. The summed E-state index contributed by atoms with van der Waals surface area (Å²) in [6, 6.07) is 12.3. The van der Waals surface area contributed by atoms with E-state index in [9.17, 15) is 4.79 Å². The number of rotatable bonds is 6. The Bertz CT molecular complexity index is 623. The summed E-state index contributed by atoms with van der Waals surface area (Å²) in [5.41, 5.74) is 1.21. The summed E-state index contributed by atoms with van der Waals surface area (Å²) in [7, 11) is 5.24. The number of benzene rings is 2. The topological polar surface area (TPSA) is 41.6 Å². The number of nitrogens with zero attached hydrogens (tertiary/aromatic N) is 1. The molecule has 0 fully saturated rings. The first-order chi connectivity index (χ1) is 10.1. The zero-order chi connectivity index (χ0) is 15.2. The van der Waals surface area contributed by atoms with E-state index in [1.807, 2.05) is 18.2 Å². The van der Waals surface area contributed by atoms with E-state index in [2.05, 4.69) is 23.5 Å². The van der Waals surface area contributed by atoms with Gasteiger partial charge in [0.1, 0.15) is 5.75 Å². The van der Waals surface area contributed by atoms with Gasteiger partial charge in [-0.25, -0.2) is 0 Å². The van der Waals surface area contributed by atoms with Crippen molar-refractivity contribution in [3.63, 3.8) is 0 Å². The van der Waals surface area contributed by atoms with Crippen LogP contribution in [0.4, 0.5) is 0 Å². The summed E-state index contributed by atoms with van der Waals surface area (Å²) < 4.78 is 5.40. The Balaban J connectivity index is 2.04. The second kappa shape index (κ2) is 7.09. The van der Waals surface area contributed by atoms with Gasteiger partial charge in [-0.15, -0.1) is 0 Å². The molecule has 21 heavy (non-hydrogen) atoms. The maximum absolute atomic E-state index is 11.5. The first-order valence-electron chi connectivity index (χ1n) is 7.09. The average molecular weight is 286 g/mol. The minimum atomic E-state index is 0.141. The van der Waals surface area contributed by atoms with Gasteiger partial charge in [0.2, 0.25) is 5.91 Å². The second-order valence-electron chi connectivity index (χ2n) is 5.19. The van der Waals surface area contributed by atoms with Gasteiger partial charge in [0.05, 0.1) is 7.11 Å². The van der Waals surface area contributed by atoms with Crippen molar-refractivity contribution in [2.75, 3.05) is 27.7 Å². The van der Waals surface area contributed by atoms with Crippen molar-refractivity contribution in [1.82, 2.24) is 10.2 Å². The molecule has 2 rings (SSSR count). The molecule has 0 atom stereocenters. The van der Waals surface area contributed by atoms with Crippen LogP contribution in [0.25, 0.3) is 10.8 Å². The van der Waals surface area contributed by atoms with Crippen molar-refractivity contribution in [2.45, 2.75) is 13.0 Å². The molecule has 2 aromatic rings. The molecule has 4 nitrogen and oxygen atoms in total. The predicted molar refractivity (Wildman–Crippen MR) is 85.5 cm³/mol. The minimum absolute atomic E-state index is 0.141. The molecule has 0 saturated carbocycles. The lowest BCUT2D eigenvalue weighted by atomic mass is 10.0. The summed E-state index contributed by atoms with van der Waals surface area (Å²) in [4.78, 5) is 13.1. The number of ether oxygens (including phenoxy) is 1. The lowest BCUT2D eigenvalue weighted by molar-refractivity contribution is -0.128. The van der Waals surface area contributed by atoms with Gasteiger partial charge >= 0.3 is 0 Å². The molecule has 0 aliphatic carbocycles. The van der Waals surface area contributed by atoms with Crippen LogP contribution in [-0.4, -0.2) is 38.6 Å². The zero-order valence-corrected chi connectivity index (χ0v) is 12.8. The highest BCUT2D eigenvalue weighted by Crippen LogP contribution is 2.28. The highest BCUT2D eigenvalue weighted by molar-refractivity contribution is 5.91. The molecule has 0 aromatic heterocycles. The number of carbonyl (C=O) groups excluding carboxylic acids is 1. The van der Waals surface area contributed by atoms with Crippen LogP contribution >= 0.6 is 0 Å². The first-order valence-corrected chi connectivity index (χ1v) is 7.09. The molecule has 0 unspecified atom stereocenters. The molecule has 0 aliphatic rings. The third kappa shape index (κ3) is 3.73. The third-order valence-electron chi connectivity index (χ3n) is 3.52. The number of hydrogen-bond donors (Lipinski definition) is 1. The van der Waals surface area contributed by atoms with Gasteiger partial charge in [0, 0.05) is 39.0 Å². The normalized spacial score (nSPS) is 10.6. The number of amides is 1. The maximum atomic E-state index is 11.5. The van der Waals surface area contributed by atoms with E-state index in [4.69, 9.17) is 4.74 Å². The summed E-state index contributed by atoms with van der Waals surface area (Å²) >= 11 is 0. The largest absolute Gasteiger partial charge is 0.496 e. The summed E-state index contributed by atoms with van der Waals surface area (Å²) in [6.45, 7) is 1.42. The van der Waals surface area contributed by atoms with Crippen LogP contribution in [0, 0.1) is 0 Å². The highest BCUT2D eigenvalue weighted by atomic mass is 16.5. The van der Waals surface area contributed by atoms with Crippen LogP contribution < -0.4 is 10.1 Å². The number of methoxy groups -OCH3 is 1. The molecular weight excluding hydrogens is 264 g/mol. The Morgan fingerprint density at radius 1 is 1.14 bits per heavy atom. The quantitative estimate of drug-likeness (QED) is 0.829. The van der Waals surface area contributed by atoms with Crippen LogP contribution in [0.2, 0.25) is 0 Å². The van der Waals surface area contributed by atoms with Gasteiger partial charge in [-0.2, -0.15) is 0 Å². The van der Waals surface area contributed by atoms with E-state index >= 15 is 0 Å². The van der Waals surface area contributed by atoms with Gasteiger partial charge in [0.15, 0.2) is 0 Å². The monoisotopic (exact) mass is 286 g/mol. The molecule has 0 bridgehead atoms. The van der Waals surface area contributed by atoms with Crippen LogP contribution in [0.3, 0.4) is 0 Å². The SMILES string of the molecule is COc1ccc(CNCCC(=O)N(C)C)c2ccccc12. The molecule has 2 aromatic carbocycles. The van der Waals surface area contributed by atoms with Crippen molar-refractivity contribution >= 4 is 16.7 Å². The van der Waals surface area contributed by atoms with Crippen LogP contribution in [0.15, 0.2) is 36.4 Å². The van der Waals surface area contributed by atoms with E-state index in [1.54, 1.807) is 26.1 Å². The lowest BCUT2D eigenvalue weighted by Crippen LogP contribution is -2.26. The van der Waals surface area contributed by atoms with Gasteiger partial charge in [-0.3, -0.25) is 4.79 Å². The third-order valence-corrected chi connectivity index (χ3v) is 3.52. The molecule has 0 radical (unpaired) electrons. The smallest absolute Gasteiger partial charge is 0.223 e. The van der Waals surface area contributed by atoms with E-state index < -0.39 is 0 Å². The number of fused-ring (bicyclic) bond motifs is 1. The molecule has 0 heterocycles. The molecule has 0 spiro atoms. The molecule has 1 amide bonds. The van der Waals surface area contributed by atoms with Gasteiger partial charge in [0.25, 0.3) is 0 Å². The second-order valence-corrected chi connectivity index (χ2v) is 5.19. The van der Waals surface area contributed by atoms with Crippen molar-refractivity contribution in [1.29, 1.82) is 0 Å². The fourth-order valence-electron chi connectivity index (χ4n) is 2.31. The van der Waals surface area contributed by atoms with Crippen LogP contribution in [0.1, 0.15) is 12.0 Å². The Morgan fingerprint density at radius 3 is 2.52 bits per heavy atom. The fourth-order valence-corrected chi connectivity index (χ4v) is 2.31. The maximum Gasteiger partial charge on any atom is 0.223 e. The van der Waals surface area contributed by atoms with E-state index in [-0.39, 0.29) is 5.91 Å². The highest BCUT2D eigenvalue weighted by Gasteiger charge is 2.06. The molecule has 0 saturated heterocycles. The lowest BCUT2D eigenvalue weighted by Gasteiger charge is -2.12. The standard InChI is InChI=1S/C17H22N2O2/c1-19(2)17(20)10-11-18-12-13-8-9-16(21-3)15-7-5-4-6-14(13)15/h4-9,18H,10-12H2,1-3H3. The van der Waals surface area contributed by atoms with Crippen molar-refractivity contribution in [3.05, 3.63) is 42.0 Å². The molecule has 0 aliphatic heterocycles. The van der Waals surface area contributed by atoms with Gasteiger partial charge in [-0.1, -0.05) is 30.3 Å². The molecule has 112 valence electrons.